The van der Waals surface area contributed by atoms with Crippen molar-refractivity contribution in [3.63, 3.8) is 0 Å². The number of nitrogens with one attached hydrogen (secondary N) is 1. The van der Waals surface area contributed by atoms with E-state index in [-0.39, 0.29) is 27.7 Å². The van der Waals surface area contributed by atoms with E-state index in [1.807, 2.05) is 0 Å². The molecule has 0 aromatic heterocycles. The van der Waals surface area contributed by atoms with E-state index in [4.69, 9.17) is 27.9 Å². The molecule has 1 aliphatic carbocycles. The minimum atomic E-state index is -3.71. The molecular formula is C16H21Cl2NO4S. The monoisotopic (exact) mass is 393 g/mol. The molecule has 1 fully saturated rings. The third kappa shape index (κ3) is 5.09. The smallest absolute Gasteiger partial charge is 0.308 e. The number of benzene rings is 1. The number of carbonyl (C=O) groups is 1. The van der Waals surface area contributed by atoms with Crippen LogP contribution in [0, 0.1) is 11.8 Å². The third-order valence-corrected chi connectivity index (χ3v) is 6.35. The standard InChI is InChI=1S/C16H21Cl2NO4S/c1-2-23-16(20)12-5-3-11(4-6-12)10-19-24(21,22)15-9-13(17)7-8-14(15)18/h7-9,11-12,19H,2-6,10H2,1H3. The topological polar surface area (TPSA) is 72.5 Å². The molecule has 0 aliphatic heterocycles. The Balaban J connectivity index is 1.90. The van der Waals surface area contributed by atoms with Crippen LogP contribution < -0.4 is 4.72 Å². The van der Waals surface area contributed by atoms with E-state index in [2.05, 4.69) is 4.72 Å². The summed E-state index contributed by atoms with van der Waals surface area (Å²) in [5.41, 5.74) is 0. The predicted molar refractivity (Wildman–Crippen MR) is 93.7 cm³/mol. The van der Waals surface area contributed by atoms with E-state index in [1.165, 1.54) is 12.1 Å². The van der Waals surface area contributed by atoms with Crippen LogP contribution >= 0.6 is 23.2 Å². The first-order valence-electron chi connectivity index (χ1n) is 7.95. The highest BCUT2D eigenvalue weighted by Gasteiger charge is 2.28. The predicted octanol–water partition coefficient (Wildman–Crippen LogP) is 3.64. The molecule has 5 nitrogen and oxygen atoms in total. The summed E-state index contributed by atoms with van der Waals surface area (Å²) in [6.45, 7) is 2.50. The molecule has 0 amide bonds. The Labute approximate surface area is 152 Å². The minimum Gasteiger partial charge on any atom is -0.466 e. The summed E-state index contributed by atoms with van der Waals surface area (Å²) in [5.74, 6) is -0.0224. The maximum atomic E-state index is 12.4. The molecule has 1 aromatic rings. The Bertz CT molecular complexity index is 685. The van der Waals surface area contributed by atoms with Crippen molar-refractivity contribution in [3.05, 3.63) is 28.2 Å². The maximum absolute atomic E-state index is 12.4. The van der Waals surface area contributed by atoms with E-state index in [1.54, 1.807) is 13.0 Å². The first-order chi connectivity index (χ1) is 11.3. The average molecular weight is 394 g/mol. The Morgan fingerprint density at radius 3 is 2.54 bits per heavy atom. The van der Waals surface area contributed by atoms with Crippen LogP contribution in [0.25, 0.3) is 0 Å². The zero-order valence-corrected chi connectivity index (χ0v) is 15.8. The lowest BCUT2D eigenvalue weighted by Gasteiger charge is -2.27. The second kappa shape index (κ2) is 8.52. The maximum Gasteiger partial charge on any atom is 0.308 e. The van der Waals surface area contributed by atoms with Crippen molar-refractivity contribution >= 4 is 39.2 Å². The van der Waals surface area contributed by atoms with Crippen LogP contribution in [0.3, 0.4) is 0 Å². The molecule has 1 aliphatic rings. The largest absolute Gasteiger partial charge is 0.466 e. The van der Waals surface area contributed by atoms with E-state index in [9.17, 15) is 13.2 Å². The number of sulfonamides is 1. The molecule has 0 spiro atoms. The van der Waals surface area contributed by atoms with Crippen molar-refractivity contribution in [1.82, 2.24) is 4.72 Å². The van der Waals surface area contributed by atoms with Crippen LogP contribution in [0.4, 0.5) is 0 Å². The molecule has 0 radical (unpaired) electrons. The number of hydrogen-bond donors (Lipinski definition) is 1. The number of carbonyl (C=O) groups excluding carboxylic acids is 1. The summed E-state index contributed by atoms with van der Waals surface area (Å²) in [7, 11) is -3.71. The molecule has 24 heavy (non-hydrogen) atoms. The van der Waals surface area contributed by atoms with E-state index in [0.717, 1.165) is 25.7 Å². The lowest BCUT2D eigenvalue weighted by atomic mass is 9.82. The van der Waals surface area contributed by atoms with Gasteiger partial charge in [0.25, 0.3) is 0 Å². The Hall–Kier alpha value is -0.820. The third-order valence-electron chi connectivity index (χ3n) is 4.21. The van der Waals surface area contributed by atoms with Gasteiger partial charge in [0, 0.05) is 11.6 Å². The van der Waals surface area contributed by atoms with Gasteiger partial charge >= 0.3 is 5.97 Å². The first kappa shape index (κ1) is 19.5. The quantitative estimate of drug-likeness (QED) is 0.748. The summed E-state index contributed by atoms with van der Waals surface area (Å²) in [5, 5.41) is 0.452. The van der Waals surface area contributed by atoms with Crippen molar-refractivity contribution in [3.8, 4) is 0 Å². The average Bonchev–Trinajstić information content (AvgIpc) is 2.56. The Morgan fingerprint density at radius 2 is 1.92 bits per heavy atom. The van der Waals surface area contributed by atoms with Crippen molar-refractivity contribution < 1.29 is 17.9 Å². The SMILES string of the molecule is CCOC(=O)C1CCC(CNS(=O)(=O)c2cc(Cl)ccc2Cl)CC1. The lowest BCUT2D eigenvalue weighted by molar-refractivity contribution is -0.149. The highest BCUT2D eigenvalue weighted by atomic mass is 35.5. The fourth-order valence-electron chi connectivity index (χ4n) is 2.85. The number of esters is 1. The minimum absolute atomic E-state index is 0.0168. The number of ether oxygens (including phenoxy) is 1. The molecular weight excluding hydrogens is 373 g/mol. The normalized spacial score (nSPS) is 21.5. The molecule has 2 rings (SSSR count). The molecule has 0 heterocycles. The zero-order chi connectivity index (χ0) is 17.7. The van der Waals surface area contributed by atoms with Gasteiger partial charge in [-0.25, -0.2) is 13.1 Å². The summed E-state index contributed by atoms with van der Waals surface area (Å²) in [4.78, 5) is 11.7. The van der Waals surface area contributed by atoms with Gasteiger partial charge in [0.05, 0.1) is 17.5 Å². The Morgan fingerprint density at radius 1 is 1.25 bits per heavy atom. The van der Waals surface area contributed by atoms with Gasteiger partial charge in [-0.2, -0.15) is 0 Å². The number of rotatable bonds is 6. The van der Waals surface area contributed by atoms with E-state index >= 15 is 0 Å². The van der Waals surface area contributed by atoms with Crippen LogP contribution in [0.15, 0.2) is 23.1 Å². The molecule has 0 unspecified atom stereocenters. The fourth-order valence-corrected chi connectivity index (χ4v) is 4.73. The van der Waals surface area contributed by atoms with Crippen LogP contribution in [0.1, 0.15) is 32.6 Å². The Kier molecular flexibility index (Phi) is 6.92. The molecule has 0 atom stereocenters. The molecule has 8 heteroatoms. The van der Waals surface area contributed by atoms with Crippen LogP contribution in [0.2, 0.25) is 10.0 Å². The second-order valence-corrected chi connectivity index (χ2v) is 8.48. The molecule has 0 bridgehead atoms. The van der Waals surface area contributed by atoms with Gasteiger partial charge < -0.3 is 4.74 Å². The molecule has 1 N–H and O–H groups in total. The first-order valence-corrected chi connectivity index (χ1v) is 10.2. The van der Waals surface area contributed by atoms with Gasteiger partial charge in [-0.15, -0.1) is 0 Å². The van der Waals surface area contributed by atoms with Crippen molar-refractivity contribution in [2.75, 3.05) is 13.2 Å². The highest BCUT2D eigenvalue weighted by molar-refractivity contribution is 7.89. The van der Waals surface area contributed by atoms with Gasteiger partial charge in [0.15, 0.2) is 0 Å². The molecule has 0 saturated heterocycles. The van der Waals surface area contributed by atoms with E-state index < -0.39 is 10.0 Å². The molecule has 1 aromatic carbocycles. The van der Waals surface area contributed by atoms with Crippen molar-refractivity contribution in [2.24, 2.45) is 11.8 Å². The summed E-state index contributed by atoms with van der Waals surface area (Å²) in [6, 6.07) is 4.34. The van der Waals surface area contributed by atoms with Crippen LogP contribution in [0.5, 0.6) is 0 Å². The van der Waals surface area contributed by atoms with Crippen molar-refractivity contribution in [1.29, 1.82) is 0 Å². The second-order valence-electron chi connectivity index (χ2n) is 5.90. The summed E-state index contributed by atoms with van der Waals surface area (Å²) < 4.78 is 32.4. The summed E-state index contributed by atoms with van der Waals surface area (Å²) in [6.07, 6.45) is 3.02. The zero-order valence-electron chi connectivity index (χ0n) is 13.4. The van der Waals surface area contributed by atoms with Crippen LogP contribution in [-0.2, 0) is 19.6 Å². The number of hydrogen-bond acceptors (Lipinski definition) is 4. The fraction of sp³-hybridized carbons (Fsp3) is 0.562. The van der Waals surface area contributed by atoms with Gasteiger partial charge in [-0.1, -0.05) is 23.2 Å². The highest BCUT2D eigenvalue weighted by Crippen LogP contribution is 2.30. The molecule has 1 saturated carbocycles. The van der Waals surface area contributed by atoms with Gasteiger partial charge in [-0.3, -0.25) is 4.79 Å². The van der Waals surface area contributed by atoms with Gasteiger partial charge in [0.1, 0.15) is 4.90 Å². The van der Waals surface area contributed by atoms with Gasteiger partial charge in [-0.05, 0) is 56.7 Å². The van der Waals surface area contributed by atoms with E-state index in [0.29, 0.717) is 18.2 Å². The summed E-state index contributed by atoms with van der Waals surface area (Å²) >= 11 is 11.8. The van der Waals surface area contributed by atoms with Gasteiger partial charge in [0.2, 0.25) is 10.0 Å². The number of halogens is 2. The lowest BCUT2D eigenvalue weighted by Crippen LogP contribution is -2.33. The van der Waals surface area contributed by atoms with Crippen LogP contribution in [-0.4, -0.2) is 27.5 Å². The van der Waals surface area contributed by atoms with Crippen molar-refractivity contribution in [2.45, 2.75) is 37.5 Å². The molecule has 134 valence electrons.